The van der Waals surface area contributed by atoms with Crippen molar-refractivity contribution in [3.8, 4) is 0 Å². The zero-order valence-corrected chi connectivity index (χ0v) is 10.4. The molecule has 0 amide bonds. The first-order valence-corrected chi connectivity index (χ1v) is 5.16. The van der Waals surface area contributed by atoms with Crippen LogP contribution in [-0.2, 0) is 4.79 Å². The van der Waals surface area contributed by atoms with E-state index in [0.29, 0.717) is 6.17 Å². The molecule has 15 heavy (non-hydrogen) atoms. The molecule has 92 valence electrons. The Morgan fingerprint density at radius 3 is 1.87 bits per heavy atom. The van der Waals surface area contributed by atoms with Crippen LogP contribution in [-0.4, -0.2) is 48.5 Å². The van der Waals surface area contributed by atoms with Crippen molar-refractivity contribution in [3.05, 3.63) is 0 Å². The first kappa shape index (κ1) is 16.8. The van der Waals surface area contributed by atoms with Crippen molar-refractivity contribution in [1.82, 2.24) is 0 Å². The number of carboxylic acid groups (broad SMARTS) is 1. The van der Waals surface area contributed by atoms with Gasteiger partial charge in [0.25, 0.3) is 0 Å². The molecule has 3 N–H and O–H groups in total. The molecule has 2 unspecified atom stereocenters. The summed E-state index contributed by atoms with van der Waals surface area (Å²) in [5, 5.41) is 17.3. The van der Waals surface area contributed by atoms with Crippen LogP contribution in [0.3, 0.4) is 0 Å². The highest BCUT2D eigenvalue weighted by Crippen LogP contribution is 2.02. The van der Waals surface area contributed by atoms with Gasteiger partial charge in [-0.15, -0.1) is 0 Å². The minimum atomic E-state index is -1.44. The van der Waals surface area contributed by atoms with Gasteiger partial charge in [0.15, 0.2) is 0 Å². The van der Waals surface area contributed by atoms with E-state index in [4.69, 9.17) is 10.8 Å². The van der Waals surface area contributed by atoms with Gasteiger partial charge in [-0.2, -0.15) is 0 Å². The quantitative estimate of drug-likeness (QED) is 0.465. The average Bonchev–Trinajstić information content (AvgIpc) is 2.17. The maximum atomic E-state index is 9.34. The standard InChI is InChI=1S/C7H19N2.C3H6O3/c1-5-7(8)9(3,4)6-2;1-2(4)3(5)6/h7H,5-6,8H2,1-4H3;2,4H,1H3,(H,5,6)/q+1;/p-1. The molecule has 0 fully saturated rings. The molecule has 2 atom stereocenters. The van der Waals surface area contributed by atoms with Crippen LogP contribution in [0.2, 0.25) is 0 Å². The Morgan fingerprint density at radius 2 is 1.80 bits per heavy atom. The Labute approximate surface area is 92.1 Å². The van der Waals surface area contributed by atoms with Gasteiger partial charge in [-0.05, 0) is 13.8 Å². The number of nitrogens with zero attached hydrogens (tertiary/aromatic N) is 1. The van der Waals surface area contributed by atoms with Crippen molar-refractivity contribution in [2.24, 2.45) is 5.73 Å². The van der Waals surface area contributed by atoms with Crippen molar-refractivity contribution in [2.75, 3.05) is 20.6 Å². The lowest BCUT2D eigenvalue weighted by Gasteiger charge is -2.33. The number of rotatable bonds is 4. The zero-order chi connectivity index (χ0) is 12.6. The average molecular weight is 220 g/mol. The number of hydrogen-bond donors (Lipinski definition) is 2. The third-order valence-corrected chi connectivity index (χ3v) is 2.47. The van der Waals surface area contributed by atoms with E-state index in [2.05, 4.69) is 27.9 Å². The second kappa shape index (κ2) is 7.62. The van der Waals surface area contributed by atoms with E-state index in [1.54, 1.807) is 0 Å². The maximum Gasteiger partial charge on any atom is 0.139 e. The van der Waals surface area contributed by atoms with Crippen molar-refractivity contribution >= 4 is 5.97 Å². The summed E-state index contributed by atoms with van der Waals surface area (Å²) in [6.07, 6.45) is 0.0147. The topological polar surface area (TPSA) is 86.4 Å². The Hall–Kier alpha value is -0.650. The van der Waals surface area contributed by atoms with Crippen LogP contribution in [0.25, 0.3) is 0 Å². The van der Waals surface area contributed by atoms with Crippen LogP contribution >= 0.6 is 0 Å². The van der Waals surface area contributed by atoms with Gasteiger partial charge < -0.3 is 19.5 Å². The molecule has 0 saturated heterocycles. The van der Waals surface area contributed by atoms with Crippen LogP contribution in [0.15, 0.2) is 0 Å². The number of aliphatic hydroxyl groups excluding tert-OH is 1. The van der Waals surface area contributed by atoms with E-state index in [1.807, 2.05) is 0 Å². The van der Waals surface area contributed by atoms with E-state index in [-0.39, 0.29) is 0 Å². The number of quaternary nitrogens is 1. The van der Waals surface area contributed by atoms with Crippen LogP contribution in [0.5, 0.6) is 0 Å². The van der Waals surface area contributed by atoms with Crippen molar-refractivity contribution in [2.45, 2.75) is 39.5 Å². The monoisotopic (exact) mass is 220 g/mol. The Balaban J connectivity index is 0. The van der Waals surface area contributed by atoms with Crippen LogP contribution < -0.4 is 10.8 Å². The molecule has 0 saturated carbocycles. The van der Waals surface area contributed by atoms with E-state index >= 15 is 0 Å². The number of hydrogen-bond acceptors (Lipinski definition) is 4. The minimum Gasteiger partial charge on any atom is -0.547 e. The number of carboxylic acids is 1. The molecule has 0 rings (SSSR count). The third kappa shape index (κ3) is 8.35. The molecular weight excluding hydrogens is 196 g/mol. The first-order chi connectivity index (χ1) is 6.68. The molecule has 0 radical (unpaired) electrons. The lowest BCUT2D eigenvalue weighted by molar-refractivity contribution is -0.913. The number of carbonyl (C=O) groups excluding carboxylic acids is 1. The van der Waals surface area contributed by atoms with E-state index in [9.17, 15) is 9.90 Å². The van der Waals surface area contributed by atoms with Crippen LogP contribution in [0.4, 0.5) is 0 Å². The van der Waals surface area contributed by atoms with Gasteiger partial charge in [-0.1, -0.05) is 6.92 Å². The lowest BCUT2D eigenvalue weighted by Crippen LogP contribution is -2.53. The molecule has 0 aliphatic rings. The predicted molar refractivity (Wildman–Crippen MR) is 57.6 cm³/mol. The highest BCUT2D eigenvalue weighted by molar-refractivity contribution is 5.68. The Kier molecular flexibility index (Phi) is 8.51. The molecule has 0 aromatic heterocycles. The van der Waals surface area contributed by atoms with Gasteiger partial charge in [0, 0.05) is 6.42 Å². The molecular formula is C10H24N2O3. The molecule has 0 aromatic carbocycles. The number of nitrogens with two attached hydrogens (primary N) is 1. The van der Waals surface area contributed by atoms with Crippen molar-refractivity contribution < 1.29 is 19.5 Å². The van der Waals surface area contributed by atoms with Gasteiger partial charge in [0.05, 0.1) is 32.7 Å². The Bertz CT molecular complexity index is 182. The summed E-state index contributed by atoms with van der Waals surface area (Å²) in [6.45, 7) is 6.53. The number of aliphatic hydroxyl groups is 1. The molecule has 0 bridgehead atoms. The lowest BCUT2D eigenvalue weighted by atomic mass is 10.3. The highest BCUT2D eigenvalue weighted by Gasteiger charge is 2.19. The summed E-state index contributed by atoms with van der Waals surface area (Å²) < 4.78 is 0.927. The first-order valence-electron chi connectivity index (χ1n) is 5.16. The Morgan fingerprint density at radius 1 is 1.47 bits per heavy atom. The summed E-state index contributed by atoms with van der Waals surface area (Å²) in [6, 6.07) is 0. The van der Waals surface area contributed by atoms with E-state index in [0.717, 1.165) is 24.4 Å². The van der Waals surface area contributed by atoms with Gasteiger partial charge in [-0.3, -0.25) is 5.73 Å². The molecule has 0 heterocycles. The van der Waals surface area contributed by atoms with Gasteiger partial charge in [-0.25, -0.2) is 0 Å². The van der Waals surface area contributed by atoms with Crippen molar-refractivity contribution in [1.29, 1.82) is 0 Å². The number of carbonyl (C=O) groups is 1. The summed E-state index contributed by atoms with van der Waals surface area (Å²) in [5.41, 5.74) is 5.83. The summed E-state index contributed by atoms with van der Waals surface area (Å²) in [4.78, 5) is 9.34. The van der Waals surface area contributed by atoms with Gasteiger partial charge in [0.2, 0.25) is 0 Å². The molecule has 5 nitrogen and oxygen atoms in total. The molecule has 0 aliphatic carbocycles. The normalized spacial score (nSPS) is 14.9. The minimum absolute atomic E-state index is 0.301. The fraction of sp³-hybridized carbons (Fsp3) is 0.900. The number of aliphatic carboxylic acids is 1. The SMILES string of the molecule is CC(O)C(=O)[O-].CCC(N)[N+](C)(C)CC. The highest BCUT2D eigenvalue weighted by atomic mass is 16.4. The second-order valence-corrected chi connectivity index (χ2v) is 4.07. The largest absolute Gasteiger partial charge is 0.547 e. The fourth-order valence-electron chi connectivity index (χ4n) is 0.729. The molecule has 5 heteroatoms. The predicted octanol–water partition coefficient (Wildman–Crippen LogP) is -1.11. The second-order valence-electron chi connectivity index (χ2n) is 4.07. The molecule has 0 spiro atoms. The summed E-state index contributed by atoms with van der Waals surface area (Å²) >= 11 is 0. The summed E-state index contributed by atoms with van der Waals surface area (Å²) in [5.74, 6) is -1.44. The van der Waals surface area contributed by atoms with E-state index in [1.165, 1.54) is 0 Å². The van der Waals surface area contributed by atoms with Crippen LogP contribution in [0.1, 0.15) is 27.2 Å². The van der Waals surface area contributed by atoms with Gasteiger partial charge >= 0.3 is 0 Å². The van der Waals surface area contributed by atoms with Gasteiger partial charge in [0.1, 0.15) is 6.17 Å². The van der Waals surface area contributed by atoms with Crippen LogP contribution in [0, 0.1) is 0 Å². The molecule has 0 aliphatic heterocycles. The van der Waals surface area contributed by atoms with Crippen molar-refractivity contribution in [3.63, 3.8) is 0 Å². The van der Waals surface area contributed by atoms with E-state index < -0.39 is 12.1 Å². The summed E-state index contributed by atoms with van der Waals surface area (Å²) in [7, 11) is 4.32. The fourth-order valence-corrected chi connectivity index (χ4v) is 0.729. The molecule has 0 aromatic rings. The maximum absolute atomic E-state index is 9.34. The third-order valence-electron chi connectivity index (χ3n) is 2.47. The smallest absolute Gasteiger partial charge is 0.139 e. The zero-order valence-electron chi connectivity index (χ0n) is 10.4.